The van der Waals surface area contributed by atoms with Crippen LogP contribution in [0.5, 0.6) is 0 Å². The van der Waals surface area contributed by atoms with E-state index in [1.165, 1.54) is 12.8 Å². The Balaban J connectivity index is 1.90. The van der Waals surface area contributed by atoms with E-state index in [1.54, 1.807) is 18.3 Å². The second-order valence-electron chi connectivity index (χ2n) is 4.80. The van der Waals surface area contributed by atoms with E-state index >= 15 is 0 Å². The third-order valence-corrected chi connectivity index (χ3v) is 3.54. The summed E-state index contributed by atoms with van der Waals surface area (Å²) < 4.78 is 5.86. The van der Waals surface area contributed by atoms with Crippen LogP contribution in [0.4, 0.5) is 5.69 Å². The maximum Gasteiger partial charge on any atom is 0.253 e. The van der Waals surface area contributed by atoms with Gasteiger partial charge in [0.15, 0.2) is 0 Å². The molecule has 1 N–H and O–H groups in total. The van der Waals surface area contributed by atoms with Crippen LogP contribution in [0, 0.1) is 0 Å². The monoisotopic (exact) mass is 282 g/mol. The molecule has 0 spiro atoms. The Labute approximate surface area is 118 Å². The SMILES string of the molecule is CC[C@H](OC1CCCC1)C(=O)Nc1ccc(Cl)nc1. The highest BCUT2D eigenvalue weighted by atomic mass is 35.5. The van der Waals surface area contributed by atoms with E-state index in [0.717, 1.165) is 12.8 Å². The van der Waals surface area contributed by atoms with Gasteiger partial charge in [-0.05, 0) is 31.4 Å². The Bertz CT molecular complexity index is 416. The number of aromatic nitrogens is 1. The molecule has 19 heavy (non-hydrogen) atoms. The summed E-state index contributed by atoms with van der Waals surface area (Å²) in [5.41, 5.74) is 0.642. The maximum atomic E-state index is 12.1. The molecule has 0 unspecified atom stereocenters. The number of nitrogens with zero attached hydrogens (tertiary/aromatic N) is 1. The number of ether oxygens (including phenoxy) is 1. The van der Waals surface area contributed by atoms with Crippen LogP contribution < -0.4 is 5.32 Å². The molecule has 1 aromatic rings. The number of nitrogens with one attached hydrogen (secondary N) is 1. The number of pyridine rings is 1. The minimum Gasteiger partial charge on any atom is -0.365 e. The lowest BCUT2D eigenvalue weighted by Crippen LogP contribution is -2.32. The van der Waals surface area contributed by atoms with Crippen LogP contribution in [-0.2, 0) is 9.53 Å². The number of carbonyl (C=O) groups excluding carboxylic acids is 1. The first-order valence-corrected chi connectivity index (χ1v) is 7.14. The van der Waals surface area contributed by atoms with E-state index in [0.29, 0.717) is 17.3 Å². The van der Waals surface area contributed by atoms with Gasteiger partial charge in [0.25, 0.3) is 5.91 Å². The average Bonchev–Trinajstić information content (AvgIpc) is 2.91. The summed E-state index contributed by atoms with van der Waals surface area (Å²) in [6.07, 6.45) is 6.58. The maximum absolute atomic E-state index is 12.1. The van der Waals surface area contributed by atoms with E-state index in [-0.39, 0.29) is 12.0 Å². The zero-order valence-corrected chi connectivity index (χ0v) is 11.8. The number of carbonyl (C=O) groups is 1. The minimum atomic E-state index is -0.390. The van der Waals surface area contributed by atoms with Gasteiger partial charge in [-0.3, -0.25) is 4.79 Å². The topological polar surface area (TPSA) is 51.2 Å². The zero-order valence-electron chi connectivity index (χ0n) is 11.1. The predicted octanol–water partition coefficient (Wildman–Crippen LogP) is 3.41. The van der Waals surface area contributed by atoms with Gasteiger partial charge in [0.1, 0.15) is 11.3 Å². The van der Waals surface area contributed by atoms with Gasteiger partial charge in [0.2, 0.25) is 0 Å². The van der Waals surface area contributed by atoms with Crippen molar-refractivity contribution in [2.75, 3.05) is 5.32 Å². The zero-order chi connectivity index (χ0) is 13.7. The van der Waals surface area contributed by atoms with Gasteiger partial charge in [-0.25, -0.2) is 4.98 Å². The molecule has 0 saturated heterocycles. The molecule has 0 aromatic carbocycles. The molecule has 1 aliphatic rings. The minimum absolute atomic E-state index is 0.112. The van der Waals surface area contributed by atoms with Gasteiger partial charge < -0.3 is 10.1 Å². The Morgan fingerprint density at radius 1 is 1.53 bits per heavy atom. The lowest BCUT2D eigenvalue weighted by molar-refractivity contribution is -0.131. The van der Waals surface area contributed by atoms with Gasteiger partial charge >= 0.3 is 0 Å². The van der Waals surface area contributed by atoms with Crippen LogP contribution in [0.15, 0.2) is 18.3 Å². The fourth-order valence-corrected chi connectivity index (χ4v) is 2.38. The Hall–Kier alpha value is -1.13. The molecule has 1 amide bonds. The van der Waals surface area contributed by atoms with E-state index in [2.05, 4.69) is 10.3 Å². The fraction of sp³-hybridized carbons (Fsp3) is 0.571. The van der Waals surface area contributed by atoms with Crippen LogP contribution >= 0.6 is 11.6 Å². The van der Waals surface area contributed by atoms with Crippen molar-refractivity contribution in [3.8, 4) is 0 Å². The molecule has 1 fully saturated rings. The molecule has 4 nitrogen and oxygen atoms in total. The standard InChI is InChI=1S/C14H19ClN2O2/c1-2-12(19-11-5-3-4-6-11)14(18)17-10-7-8-13(15)16-9-10/h7-9,11-12H,2-6H2,1H3,(H,17,18)/t12-/m0/s1. The van der Waals surface area contributed by atoms with E-state index in [9.17, 15) is 4.79 Å². The first-order chi connectivity index (χ1) is 9.19. The summed E-state index contributed by atoms with van der Waals surface area (Å²) in [6.45, 7) is 1.96. The van der Waals surface area contributed by atoms with Crippen LogP contribution in [0.25, 0.3) is 0 Å². The molecular weight excluding hydrogens is 264 g/mol. The van der Waals surface area contributed by atoms with Crippen molar-refractivity contribution in [1.82, 2.24) is 4.98 Å². The largest absolute Gasteiger partial charge is 0.365 e. The molecule has 104 valence electrons. The number of hydrogen-bond donors (Lipinski definition) is 1. The highest BCUT2D eigenvalue weighted by molar-refractivity contribution is 6.29. The summed E-state index contributed by atoms with van der Waals surface area (Å²) in [4.78, 5) is 16.1. The smallest absolute Gasteiger partial charge is 0.253 e. The summed E-state index contributed by atoms with van der Waals surface area (Å²) in [6, 6.07) is 3.38. The second kappa shape index (κ2) is 6.87. The lowest BCUT2D eigenvalue weighted by atomic mass is 10.2. The summed E-state index contributed by atoms with van der Waals surface area (Å²) in [5.74, 6) is -0.112. The summed E-state index contributed by atoms with van der Waals surface area (Å²) in [7, 11) is 0. The number of amides is 1. The van der Waals surface area contributed by atoms with Gasteiger partial charge in [0.05, 0.1) is 18.0 Å². The number of rotatable bonds is 5. The number of hydrogen-bond acceptors (Lipinski definition) is 3. The van der Waals surface area contributed by atoms with Gasteiger partial charge in [-0.15, -0.1) is 0 Å². The second-order valence-corrected chi connectivity index (χ2v) is 5.19. The van der Waals surface area contributed by atoms with Gasteiger partial charge in [-0.2, -0.15) is 0 Å². The van der Waals surface area contributed by atoms with Crippen LogP contribution in [0.2, 0.25) is 5.15 Å². The quantitative estimate of drug-likeness (QED) is 0.842. The summed E-state index contributed by atoms with van der Waals surface area (Å²) >= 11 is 5.70. The Morgan fingerprint density at radius 3 is 2.84 bits per heavy atom. The lowest BCUT2D eigenvalue weighted by Gasteiger charge is -2.20. The van der Waals surface area contributed by atoms with Crippen LogP contribution in [0.1, 0.15) is 39.0 Å². The summed E-state index contributed by atoms with van der Waals surface area (Å²) in [5, 5.41) is 3.22. The molecular formula is C14H19ClN2O2. The molecule has 0 bridgehead atoms. The van der Waals surface area contributed by atoms with Crippen molar-refractivity contribution in [2.45, 2.75) is 51.2 Å². The van der Waals surface area contributed by atoms with Crippen molar-refractivity contribution in [3.63, 3.8) is 0 Å². The van der Waals surface area contributed by atoms with Crippen molar-refractivity contribution in [3.05, 3.63) is 23.5 Å². The Morgan fingerprint density at radius 2 is 2.26 bits per heavy atom. The van der Waals surface area contributed by atoms with E-state index in [4.69, 9.17) is 16.3 Å². The van der Waals surface area contributed by atoms with Crippen molar-refractivity contribution in [2.24, 2.45) is 0 Å². The third-order valence-electron chi connectivity index (χ3n) is 3.32. The van der Waals surface area contributed by atoms with Crippen molar-refractivity contribution < 1.29 is 9.53 Å². The molecule has 1 aromatic heterocycles. The fourth-order valence-electron chi connectivity index (χ4n) is 2.27. The predicted molar refractivity (Wildman–Crippen MR) is 75.3 cm³/mol. The molecule has 1 heterocycles. The van der Waals surface area contributed by atoms with Crippen LogP contribution in [-0.4, -0.2) is 23.1 Å². The molecule has 0 radical (unpaired) electrons. The normalized spacial score (nSPS) is 17.4. The third kappa shape index (κ3) is 4.18. The number of anilines is 1. The molecule has 2 rings (SSSR count). The molecule has 0 aliphatic heterocycles. The molecule has 1 aliphatic carbocycles. The molecule has 1 saturated carbocycles. The Kier molecular flexibility index (Phi) is 5.16. The highest BCUT2D eigenvalue weighted by Gasteiger charge is 2.24. The van der Waals surface area contributed by atoms with E-state index < -0.39 is 6.10 Å². The first-order valence-electron chi connectivity index (χ1n) is 6.77. The number of halogens is 1. The van der Waals surface area contributed by atoms with E-state index in [1.807, 2.05) is 6.92 Å². The highest BCUT2D eigenvalue weighted by Crippen LogP contribution is 2.23. The van der Waals surface area contributed by atoms with Gasteiger partial charge in [0, 0.05) is 0 Å². The first kappa shape index (κ1) is 14.3. The van der Waals surface area contributed by atoms with Gasteiger partial charge in [-0.1, -0.05) is 31.4 Å². The molecule has 5 heteroatoms. The molecule has 1 atom stereocenters. The van der Waals surface area contributed by atoms with Crippen LogP contribution in [0.3, 0.4) is 0 Å². The van der Waals surface area contributed by atoms with Crippen molar-refractivity contribution in [1.29, 1.82) is 0 Å². The van der Waals surface area contributed by atoms with Crippen molar-refractivity contribution >= 4 is 23.2 Å². The average molecular weight is 283 g/mol.